The molecule has 0 saturated carbocycles. The summed E-state index contributed by atoms with van der Waals surface area (Å²) in [5.41, 5.74) is 0. The molecule has 0 radical (unpaired) electrons. The standard InChI is InChI=1S/C11H23NO/c1-4-11-5-6-12(7-8-13-3)10(2)9-11/h10-11H,4-9H2,1-3H3/t10-,11-/m0/s1. The summed E-state index contributed by atoms with van der Waals surface area (Å²) in [6.07, 6.45) is 4.10. The average Bonchev–Trinajstić information content (AvgIpc) is 2.16. The summed E-state index contributed by atoms with van der Waals surface area (Å²) in [6, 6.07) is 0.758. The van der Waals surface area contributed by atoms with E-state index in [0.29, 0.717) is 0 Å². The van der Waals surface area contributed by atoms with E-state index >= 15 is 0 Å². The summed E-state index contributed by atoms with van der Waals surface area (Å²) in [5.74, 6) is 0.966. The summed E-state index contributed by atoms with van der Waals surface area (Å²) in [5, 5.41) is 0. The van der Waals surface area contributed by atoms with Gasteiger partial charge in [0.1, 0.15) is 0 Å². The lowest BCUT2D eigenvalue weighted by molar-refractivity contribution is 0.0823. The van der Waals surface area contributed by atoms with E-state index in [9.17, 15) is 0 Å². The number of ether oxygens (including phenoxy) is 1. The molecule has 1 saturated heterocycles. The minimum Gasteiger partial charge on any atom is -0.383 e. The number of hydrogen-bond donors (Lipinski definition) is 0. The molecule has 0 N–H and O–H groups in total. The minimum atomic E-state index is 0.758. The minimum absolute atomic E-state index is 0.758. The van der Waals surface area contributed by atoms with Gasteiger partial charge in [0.25, 0.3) is 0 Å². The molecule has 0 amide bonds. The van der Waals surface area contributed by atoms with E-state index in [4.69, 9.17) is 4.74 Å². The summed E-state index contributed by atoms with van der Waals surface area (Å²) >= 11 is 0. The van der Waals surface area contributed by atoms with Gasteiger partial charge in [-0.15, -0.1) is 0 Å². The molecule has 2 atom stereocenters. The van der Waals surface area contributed by atoms with Crippen LogP contribution in [-0.4, -0.2) is 37.7 Å². The number of methoxy groups -OCH3 is 1. The Hall–Kier alpha value is -0.0800. The number of piperidine rings is 1. The molecule has 1 fully saturated rings. The second-order valence-electron chi connectivity index (χ2n) is 4.18. The maximum atomic E-state index is 5.10. The van der Waals surface area contributed by atoms with Crippen LogP contribution in [0.2, 0.25) is 0 Å². The van der Waals surface area contributed by atoms with E-state index in [1.54, 1.807) is 7.11 Å². The van der Waals surface area contributed by atoms with Gasteiger partial charge in [0.15, 0.2) is 0 Å². The molecule has 2 nitrogen and oxygen atoms in total. The third-order valence-electron chi connectivity index (χ3n) is 3.28. The van der Waals surface area contributed by atoms with E-state index in [0.717, 1.165) is 25.1 Å². The molecule has 2 heteroatoms. The normalized spacial score (nSPS) is 30.7. The fourth-order valence-electron chi connectivity index (χ4n) is 2.23. The molecule has 1 heterocycles. The van der Waals surface area contributed by atoms with Gasteiger partial charge in [-0.1, -0.05) is 13.3 Å². The molecule has 0 aromatic rings. The second-order valence-corrected chi connectivity index (χ2v) is 4.18. The molecule has 0 unspecified atom stereocenters. The van der Waals surface area contributed by atoms with Gasteiger partial charge >= 0.3 is 0 Å². The van der Waals surface area contributed by atoms with Crippen LogP contribution in [0.15, 0.2) is 0 Å². The molecule has 1 rings (SSSR count). The van der Waals surface area contributed by atoms with E-state index < -0.39 is 0 Å². The van der Waals surface area contributed by atoms with Crippen LogP contribution in [0.5, 0.6) is 0 Å². The Kier molecular flexibility index (Phi) is 4.74. The van der Waals surface area contributed by atoms with Crippen LogP contribution in [-0.2, 0) is 4.74 Å². The first-order chi connectivity index (χ1) is 6.27. The quantitative estimate of drug-likeness (QED) is 0.665. The third kappa shape index (κ3) is 3.28. The SMILES string of the molecule is CC[C@H]1CCN(CCOC)[C@@H](C)C1. The topological polar surface area (TPSA) is 12.5 Å². The molecular formula is C11H23NO. The highest BCUT2D eigenvalue weighted by Crippen LogP contribution is 2.24. The molecule has 0 aromatic carbocycles. The first-order valence-corrected chi connectivity index (χ1v) is 5.51. The maximum absolute atomic E-state index is 5.10. The van der Waals surface area contributed by atoms with Gasteiger partial charge < -0.3 is 4.74 Å². The van der Waals surface area contributed by atoms with Crippen LogP contribution in [0.3, 0.4) is 0 Å². The number of hydrogen-bond acceptors (Lipinski definition) is 2. The second kappa shape index (κ2) is 5.61. The van der Waals surface area contributed by atoms with Crippen molar-refractivity contribution in [2.24, 2.45) is 5.92 Å². The van der Waals surface area contributed by atoms with Crippen LogP contribution in [0, 0.1) is 5.92 Å². The van der Waals surface area contributed by atoms with Gasteiger partial charge in [0.05, 0.1) is 6.61 Å². The van der Waals surface area contributed by atoms with Gasteiger partial charge in [-0.3, -0.25) is 4.90 Å². The van der Waals surface area contributed by atoms with Crippen molar-refractivity contribution in [3.63, 3.8) is 0 Å². The molecule has 0 spiro atoms. The third-order valence-corrected chi connectivity index (χ3v) is 3.28. The van der Waals surface area contributed by atoms with Gasteiger partial charge in [0, 0.05) is 19.7 Å². The number of nitrogens with zero attached hydrogens (tertiary/aromatic N) is 1. The zero-order valence-electron chi connectivity index (χ0n) is 9.25. The predicted molar refractivity (Wildman–Crippen MR) is 55.9 cm³/mol. The van der Waals surface area contributed by atoms with Crippen LogP contribution in [0.1, 0.15) is 33.1 Å². The zero-order valence-corrected chi connectivity index (χ0v) is 9.25. The number of likely N-dealkylation sites (tertiary alicyclic amines) is 1. The van der Waals surface area contributed by atoms with Gasteiger partial charge in [-0.2, -0.15) is 0 Å². The largest absolute Gasteiger partial charge is 0.383 e. The molecular weight excluding hydrogens is 162 g/mol. The van der Waals surface area contributed by atoms with E-state index in [1.807, 2.05) is 0 Å². The van der Waals surface area contributed by atoms with Gasteiger partial charge in [0.2, 0.25) is 0 Å². The van der Waals surface area contributed by atoms with Crippen molar-refractivity contribution in [1.82, 2.24) is 4.90 Å². The molecule has 0 aliphatic carbocycles. The molecule has 0 aromatic heterocycles. The Labute approximate surface area is 82.3 Å². The first-order valence-electron chi connectivity index (χ1n) is 5.51. The molecule has 13 heavy (non-hydrogen) atoms. The lowest BCUT2D eigenvalue weighted by Gasteiger charge is -2.37. The summed E-state index contributed by atoms with van der Waals surface area (Å²) in [4.78, 5) is 2.55. The van der Waals surface area contributed by atoms with Crippen molar-refractivity contribution < 1.29 is 4.74 Å². The van der Waals surface area contributed by atoms with Crippen LogP contribution >= 0.6 is 0 Å². The molecule has 0 bridgehead atoms. The number of rotatable bonds is 4. The van der Waals surface area contributed by atoms with Gasteiger partial charge in [-0.05, 0) is 32.2 Å². The molecule has 78 valence electrons. The van der Waals surface area contributed by atoms with Crippen molar-refractivity contribution in [3.8, 4) is 0 Å². The summed E-state index contributed by atoms with van der Waals surface area (Å²) < 4.78 is 5.10. The van der Waals surface area contributed by atoms with Crippen molar-refractivity contribution in [2.75, 3.05) is 26.8 Å². The van der Waals surface area contributed by atoms with Crippen molar-refractivity contribution in [1.29, 1.82) is 0 Å². The Morgan fingerprint density at radius 2 is 2.23 bits per heavy atom. The lowest BCUT2D eigenvalue weighted by atomic mass is 9.90. The fraction of sp³-hybridized carbons (Fsp3) is 1.00. The van der Waals surface area contributed by atoms with Crippen molar-refractivity contribution in [3.05, 3.63) is 0 Å². The highest BCUT2D eigenvalue weighted by atomic mass is 16.5. The average molecular weight is 185 g/mol. The highest BCUT2D eigenvalue weighted by molar-refractivity contribution is 4.77. The Morgan fingerprint density at radius 3 is 2.77 bits per heavy atom. The molecule has 1 aliphatic heterocycles. The smallest absolute Gasteiger partial charge is 0.0589 e. The maximum Gasteiger partial charge on any atom is 0.0589 e. The van der Waals surface area contributed by atoms with E-state index in [1.165, 1.54) is 25.8 Å². The Bertz CT molecular complexity index is 138. The Balaban J connectivity index is 2.26. The molecule has 1 aliphatic rings. The monoisotopic (exact) mass is 185 g/mol. The summed E-state index contributed by atoms with van der Waals surface area (Å²) in [7, 11) is 1.78. The van der Waals surface area contributed by atoms with Crippen molar-refractivity contribution in [2.45, 2.75) is 39.2 Å². The fourth-order valence-corrected chi connectivity index (χ4v) is 2.23. The van der Waals surface area contributed by atoms with Crippen LogP contribution in [0.4, 0.5) is 0 Å². The van der Waals surface area contributed by atoms with Crippen molar-refractivity contribution >= 4 is 0 Å². The zero-order chi connectivity index (χ0) is 9.68. The highest BCUT2D eigenvalue weighted by Gasteiger charge is 2.23. The van der Waals surface area contributed by atoms with Crippen LogP contribution < -0.4 is 0 Å². The predicted octanol–water partition coefficient (Wildman–Crippen LogP) is 2.14. The van der Waals surface area contributed by atoms with E-state index in [-0.39, 0.29) is 0 Å². The first kappa shape index (κ1) is 11.0. The van der Waals surface area contributed by atoms with E-state index in [2.05, 4.69) is 18.7 Å². The Morgan fingerprint density at radius 1 is 1.46 bits per heavy atom. The summed E-state index contributed by atoms with van der Waals surface area (Å²) in [6.45, 7) is 7.90. The van der Waals surface area contributed by atoms with Crippen LogP contribution in [0.25, 0.3) is 0 Å². The lowest BCUT2D eigenvalue weighted by Crippen LogP contribution is -2.42. The van der Waals surface area contributed by atoms with Gasteiger partial charge in [-0.25, -0.2) is 0 Å².